The summed E-state index contributed by atoms with van der Waals surface area (Å²) in [7, 11) is 0. The Hall–Kier alpha value is -2.29. The summed E-state index contributed by atoms with van der Waals surface area (Å²) in [6.45, 7) is 0.632. The van der Waals surface area contributed by atoms with E-state index in [1.807, 2.05) is 47.0 Å². The van der Waals surface area contributed by atoms with Crippen LogP contribution in [-0.2, 0) is 6.54 Å². The van der Waals surface area contributed by atoms with Gasteiger partial charge in [0.25, 0.3) is 0 Å². The van der Waals surface area contributed by atoms with Gasteiger partial charge >= 0.3 is 0 Å². The van der Waals surface area contributed by atoms with E-state index in [0.717, 1.165) is 16.6 Å². The minimum atomic E-state index is 0.324. The van der Waals surface area contributed by atoms with E-state index < -0.39 is 0 Å². The molecule has 17 heavy (non-hydrogen) atoms. The first-order valence-electron chi connectivity index (χ1n) is 5.51. The summed E-state index contributed by atoms with van der Waals surface area (Å²) in [5, 5.41) is 9.75. The molecule has 1 aromatic heterocycles. The average molecular weight is 224 g/mol. The van der Waals surface area contributed by atoms with Crippen molar-refractivity contribution in [1.82, 2.24) is 9.55 Å². The molecule has 0 aliphatic rings. The first-order chi connectivity index (χ1) is 8.34. The van der Waals surface area contributed by atoms with Crippen molar-refractivity contribution in [3.8, 4) is 5.75 Å². The Morgan fingerprint density at radius 1 is 1.00 bits per heavy atom. The number of nitrogens with zero attached hydrogens (tertiary/aromatic N) is 2. The molecule has 3 rings (SSSR count). The minimum absolute atomic E-state index is 0.324. The molecule has 0 bridgehead atoms. The number of hydrogen-bond acceptors (Lipinski definition) is 2. The highest BCUT2D eigenvalue weighted by molar-refractivity contribution is 5.75. The zero-order valence-electron chi connectivity index (χ0n) is 9.24. The van der Waals surface area contributed by atoms with E-state index in [-0.39, 0.29) is 0 Å². The Bertz CT molecular complexity index is 658. The second-order valence-corrected chi connectivity index (χ2v) is 3.99. The fourth-order valence-corrected chi connectivity index (χ4v) is 1.96. The van der Waals surface area contributed by atoms with Crippen LogP contribution in [-0.4, -0.2) is 14.7 Å². The van der Waals surface area contributed by atoms with E-state index in [1.165, 1.54) is 0 Å². The molecule has 0 aliphatic carbocycles. The molecule has 1 heterocycles. The smallest absolute Gasteiger partial charge is 0.120 e. The number of fused-ring (bicyclic) bond motifs is 1. The normalized spacial score (nSPS) is 10.8. The number of rotatable bonds is 2. The standard InChI is InChI=1S/C14H12N2O/c17-14-8-4-1-5-11(14)9-16-10-15-12-6-2-3-7-13(12)16/h1-8,10,17H,9H2. The Morgan fingerprint density at radius 2 is 1.76 bits per heavy atom. The van der Waals surface area contributed by atoms with Crippen molar-refractivity contribution in [3.63, 3.8) is 0 Å². The van der Waals surface area contributed by atoms with Crippen molar-refractivity contribution in [2.75, 3.05) is 0 Å². The Labute approximate surface area is 99.0 Å². The van der Waals surface area contributed by atoms with Crippen LogP contribution in [0.1, 0.15) is 5.56 Å². The number of para-hydroxylation sites is 3. The monoisotopic (exact) mass is 224 g/mol. The van der Waals surface area contributed by atoms with Gasteiger partial charge < -0.3 is 9.67 Å². The lowest BCUT2D eigenvalue weighted by atomic mass is 10.2. The highest BCUT2D eigenvalue weighted by Crippen LogP contribution is 2.19. The molecule has 0 saturated carbocycles. The number of phenols is 1. The van der Waals surface area contributed by atoms with Gasteiger partial charge in [0.15, 0.2) is 0 Å². The van der Waals surface area contributed by atoms with E-state index in [1.54, 1.807) is 12.4 Å². The molecule has 3 nitrogen and oxygen atoms in total. The third-order valence-corrected chi connectivity index (χ3v) is 2.86. The number of aromatic hydroxyl groups is 1. The molecule has 0 fully saturated rings. The Kier molecular flexibility index (Phi) is 2.29. The summed E-state index contributed by atoms with van der Waals surface area (Å²) in [5.74, 6) is 0.324. The molecule has 0 radical (unpaired) electrons. The third kappa shape index (κ3) is 1.76. The van der Waals surface area contributed by atoms with Crippen molar-refractivity contribution in [1.29, 1.82) is 0 Å². The minimum Gasteiger partial charge on any atom is -0.508 e. The largest absolute Gasteiger partial charge is 0.508 e. The molecule has 0 saturated heterocycles. The molecule has 2 aromatic carbocycles. The summed E-state index contributed by atoms with van der Waals surface area (Å²) in [6.07, 6.45) is 1.80. The first kappa shape index (κ1) is 9.90. The fraction of sp³-hybridized carbons (Fsp3) is 0.0714. The van der Waals surface area contributed by atoms with Crippen molar-refractivity contribution in [3.05, 3.63) is 60.4 Å². The summed E-state index contributed by atoms with van der Waals surface area (Å²) in [5.41, 5.74) is 2.95. The number of imidazole rings is 1. The third-order valence-electron chi connectivity index (χ3n) is 2.86. The molecule has 3 heteroatoms. The highest BCUT2D eigenvalue weighted by atomic mass is 16.3. The van der Waals surface area contributed by atoms with E-state index in [9.17, 15) is 5.11 Å². The predicted octanol–water partition coefficient (Wildman–Crippen LogP) is 2.79. The van der Waals surface area contributed by atoms with Gasteiger partial charge in [-0.15, -0.1) is 0 Å². The van der Waals surface area contributed by atoms with Gasteiger partial charge in [0.1, 0.15) is 5.75 Å². The zero-order valence-corrected chi connectivity index (χ0v) is 9.24. The SMILES string of the molecule is Oc1ccccc1Cn1cnc2ccccc21. The van der Waals surface area contributed by atoms with Gasteiger partial charge in [-0.25, -0.2) is 4.98 Å². The molecular weight excluding hydrogens is 212 g/mol. The number of aromatic nitrogens is 2. The van der Waals surface area contributed by atoms with E-state index >= 15 is 0 Å². The Morgan fingerprint density at radius 3 is 2.65 bits per heavy atom. The molecule has 3 aromatic rings. The quantitative estimate of drug-likeness (QED) is 0.726. The maximum Gasteiger partial charge on any atom is 0.120 e. The lowest BCUT2D eigenvalue weighted by Crippen LogP contribution is -1.97. The fourth-order valence-electron chi connectivity index (χ4n) is 1.96. The van der Waals surface area contributed by atoms with Crippen LogP contribution in [0.5, 0.6) is 5.75 Å². The lowest BCUT2D eigenvalue weighted by Gasteiger charge is -2.06. The predicted molar refractivity (Wildman–Crippen MR) is 66.9 cm³/mol. The second kappa shape index (κ2) is 3.94. The maximum atomic E-state index is 9.75. The highest BCUT2D eigenvalue weighted by Gasteiger charge is 2.04. The van der Waals surface area contributed by atoms with Gasteiger partial charge in [0.2, 0.25) is 0 Å². The Balaban J connectivity index is 2.03. The van der Waals surface area contributed by atoms with Crippen molar-refractivity contribution >= 4 is 11.0 Å². The van der Waals surface area contributed by atoms with Crippen LogP contribution in [0, 0.1) is 0 Å². The van der Waals surface area contributed by atoms with E-state index in [2.05, 4.69) is 4.98 Å². The van der Waals surface area contributed by atoms with Gasteiger partial charge in [0, 0.05) is 5.56 Å². The maximum absolute atomic E-state index is 9.75. The summed E-state index contributed by atoms with van der Waals surface area (Å²) >= 11 is 0. The van der Waals surface area contributed by atoms with Gasteiger partial charge in [0.05, 0.1) is 23.9 Å². The number of phenolic OH excluding ortho intramolecular Hbond substituents is 1. The molecule has 0 amide bonds. The van der Waals surface area contributed by atoms with E-state index in [4.69, 9.17) is 0 Å². The van der Waals surface area contributed by atoms with Crippen molar-refractivity contribution in [2.24, 2.45) is 0 Å². The van der Waals surface area contributed by atoms with Crippen LogP contribution in [0.2, 0.25) is 0 Å². The lowest BCUT2D eigenvalue weighted by molar-refractivity contribution is 0.466. The topological polar surface area (TPSA) is 38.0 Å². The van der Waals surface area contributed by atoms with Crippen molar-refractivity contribution in [2.45, 2.75) is 6.54 Å². The van der Waals surface area contributed by atoms with Gasteiger partial charge in [-0.3, -0.25) is 0 Å². The van der Waals surface area contributed by atoms with Crippen LogP contribution in [0.25, 0.3) is 11.0 Å². The molecule has 0 atom stereocenters. The van der Waals surface area contributed by atoms with Gasteiger partial charge in [-0.05, 0) is 18.2 Å². The van der Waals surface area contributed by atoms with Crippen LogP contribution in [0.15, 0.2) is 54.9 Å². The van der Waals surface area contributed by atoms with Crippen LogP contribution in [0.3, 0.4) is 0 Å². The summed E-state index contributed by atoms with van der Waals surface area (Å²) in [6, 6.07) is 15.3. The summed E-state index contributed by atoms with van der Waals surface area (Å²) in [4.78, 5) is 4.33. The zero-order chi connectivity index (χ0) is 11.7. The molecule has 1 N–H and O–H groups in total. The van der Waals surface area contributed by atoms with Gasteiger partial charge in [-0.1, -0.05) is 30.3 Å². The van der Waals surface area contributed by atoms with Crippen LogP contribution in [0.4, 0.5) is 0 Å². The first-order valence-corrected chi connectivity index (χ1v) is 5.51. The van der Waals surface area contributed by atoms with Crippen LogP contribution < -0.4 is 0 Å². The molecule has 0 unspecified atom stereocenters. The molecule has 84 valence electrons. The molecule has 0 spiro atoms. The van der Waals surface area contributed by atoms with Gasteiger partial charge in [-0.2, -0.15) is 0 Å². The second-order valence-electron chi connectivity index (χ2n) is 3.99. The number of hydrogen-bond donors (Lipinski definition) is 1. The van der Waals surface area contributed by atoms with Crippen LogP contribution >= 0.6 is 0 Å². The van der Waals surface area contributed by atoms with Crippen molar-refractivity contribution < 1.29 is 5.11 Å². The number of benzene rings is 2. The van der Waals surface area contributed by atoms with E-state index in [0.29, 0.717) is 12.3 Å². The average Bonchev–Trinajstić information content (AvgIpc) is 2.76. The molecule has 0 aliphatic heterocycles. The molecular formula is C14H12N2O. The summed E-state index contributed by atoms with van der Waals surface area (Å²) < 4.78 is 2.03.